The van der Waals surface area contributed by atoms with Crippen LogP contribution in [0.1, 0.15) is 58.6 Å². The molecule has 1 heterocycles. The first kappa shape index (κ1) is 16.0. The van der Waals surface area contributed by atoms with Crippen LogP contribution in [0.3, 0.4) is 0 Å². The van der Waals surface area contributed by atoms with E-state index in [9.17, 15) is 0 Å². The summed E-state index contributed by atoms with van der Waals surface area (Å²) in [4.78, 5) is 0. The Balaban J connectivity index is 2.17. The highest BCUT2D eigenvalue weighted by Crippen LogP contribution is 2.40. The molecule has 1 saturated heterocycles. The van der Waals surface area contributed by atoms with Crippen LogP contribution in [-0.2, 0) is 4.74 Å². The van der Waals surface area contributed by atoms with Gasteiger partial charge in [-0.1, -0.05) is 53.6 Å². The van der Waals surface area contributed by atoms with Crippen molar-refractivity contribution in [3.63, 3.8) is 0 Å². The average molecular weight is 284 g/mol. The van der Waals surface area contributed by atoms with E-state index >= 15 is 0 Å². The molecule has 0 unspecified atom stereocenters. The van der Waals surface area contributed by atoms with Crippen molar-refractivity contribution >= 4 is 0 Å². The lowest BCUT2D eigenvalue weighted by molar-refractivity contribution is -0.0673. The molecule has 0 aliphatic carbocycles. The number of hydrogen-bond donors (Lipinski definition) is 0. The van der Waals surface area contributed by atoms with Gasteiger partial charge in [-0.05, 0) is 52.5 Å². The van der Waals surface area contributed by atoms with Gasteiger partial charge in [-0.15, -0.1) is 0 Å². The Morgan fingerprint density at radius 2 is 1.81 bits per heavy atom. The van der Waals surface area contributed by atoms with E-state index in [1.165, 1.54) is 23.1 Å². The smallest absolute Gasteiger partial charge is 0.0893 e. The van der Waals surface area contributed by atoms with Gasteiger partial charge in [0.25, 0.3) is 0 Å². The van der Waals surface area contributed by atoms with Crippen molar-refractivity contribution in [1.82, 2.24) is 0 Å². The van der Waals surface area contributed by atoms with Gasteiger partial charge < -0.3 is 4.74 Å². The molecule has 1 nitrogen and oxygen atoms in total. The van der Waals surface area contributed by atoms with Gasteiger partial charge in [0.05, 0.1) is 12.2 Å². The Kier molecular flexibility index (Phi) is 5.81. The van der Waals surface area contributed by atoms with Crippen LogP contribution in [-0.4, -0.2) is 6.10 Å². The average Bonchev–Trinajstić information content (AvgIpc) is 2.47. The van der Waals surface area contributed by atoms with Crippen LogP contribution < -0.4 is 0 Å². The Labute approximate surface area is 129 Å². The maximum absolute atomic E-state index is 6.28. The van der Waals surface area contributed by atoms with E-state index in [2.05, 4.69) is 70.2 Å². The Hall–Kier alpha value is -1.34. The monoisotopic (exact) mass is 284 g/mol. The Bertz CT molecular complexity index is 494. The minimum absolute atomic E-state index is 0.206. The normalized spacial score (nSPS) is 26.5. The lowest BCUT2D eigenvalue weighted by Crippen LogP contribution is -2.28. The molecule has 114 valence electrons. The minimum atomic E-state index is 0.206. The number of ether oxygens (including phenoxy) is 1. The molecule has 0 radical (unpaired) electrons. The van der Waals surface area contributed by atoms with Gasteiger partial charge in [0.1, 0.15) is 0 Å². The maximum Gasteiger partial charge on any atom is 0.0893 e. The van der Waals surface area contributed by atoms with E-state index in [1.807, 2.05) is 0 Å². The summed E-state index contributed by atoms with van der Waals surface area (Å²) in [5.41, 5.74) is 4.16. The van der Waals surface area contributed by atoms with Crippen LogP contribution >= 0.6 is 0 Å². The van der Waals surface area contributed by atoms with Gasteiger partial charge in [0.15, 0.2) is 0 Å². The van der Waals surface area contributed by atoms with Crippen molar-refractivity contribution in [2.24, 2.45) is 5.92 Å². The molecule has 0 bridgehead atoms. The van der Waals surface area contributed by atoms with E-state index in [4.69, 9.17) is 4.74 Å². The second-order valence-electron chi connectivity index (χ2n) is 6.43. The second-order valence-corrected chi connectivity index (χ2v) is 6.43. The van der Waals surface area contributed by atoms with Crippen LogP contribution in [0, 0.1) is 5.92 Å². The summed E-state index contributed by atoms with van der Waals surface area (Å²) in [7, 11) is 0. The van der Waals surface area contributed by atoms with Gasteiger partial charge in [0, 0.05) is 5.92 Å². The molecule has 0 aromatic heterocycles. The Morgan fingerprint density at radius 3 is 2.48 bits per heavy atom. The molecule has 21 heavy (non-hydrogen) atoms. The number of hydrogen-bond acceptors (Lipinski definition) is 1. The zero-order chi connectivity index (χ0) is 15.2. The third-order valence-corrected chi connectivity index (χ3v) is 4.31. The van der Waals surface area contributed by atoms with Crippen LogP contribution in [0.15, 0.2) is 53.6 Å². The highest BCUT2D eigenvalue weighted by Gasteiger charge is 2.31. The van der Waals surface area contributed by atoms with Crippen LogP contribution in [0.4, 0.5) is 0 Å². The molecule has 2 rings (SSSR count). The molecule has 0 spiro atoms. The highest BCUT2D eigenvalue weighted by molar-refractivity contribution is 5.23. The fraction of sp³-hybridized carbons (Fsp3) is 0.500. The van der Waals surface area contributed by atoms with Crippen molar-refractivity contribution in [3.8, 4) is 0 Å². The Morgan fingerprint density at radius 1 is 1.10 bits per heavy atom. The van der Waals surface area contributed by atoms with Crippen molar-refractivity contribution in [1.29, 1.82) is 0 Å². The summed E-state index contributed by atoms with van der Waals surface area (Å²) in [6.45, 7) is 8.76. The largest absolute Gasteiger partial charge is 0.370 e. The summed E-state index contributed by atoms with van der Waals surface area (Å²) < 4.78 is 6.28. The maximum atomic E-state index is 6.28. The minimum Gasteiger partial charge on any atom is -0.370 e. The van der Waals surface area contributed by atoms with E-state index in [0.717, 1.165) is 12.8 Å². The number of benzene rings is 1. The van der Waals surface area contributed by atoms with Gasteiger partial charge in [0.2, 0.25) is 0 Å². The number of allylic oxidation sites excluding steroid dienone is 3. The van der Waals surface area contributed by atoms with Gasteiger partial charge in [-0.3, -0.25) is 0 Å². The summed E-state index contributed by atoms with van der Waals surface area (Å²) in [6, 6.07) is 10.7. The van der Waals surface area contributed by atoms with E-state index in [-0.39, 0.29) is 6.10 Å². The van der Waals surface area contributed by atoms with E-state index < -0.39 is 0 Å². The molecule has 3 atom stereocenters. The van der Waals surface area contributed by atoms with Gasteiger partial charge in [-0.25, -0.2) is 0 Å². The molecule has 0 amide bonds. The fourth-order valence-electron chi connectivity index (χ4n) is 3.03. The molecule has 1 aromatic carbocycles. The zero-order valence-electron chi connectivity index (χ0n) is 13.8. The van der Waals surface area contributed by atoms with Crippen molar-refractivity contribution in [2.45, 2.75) is 59.2 Å². The highest BCUT2D eigenvalue weighted by atomic mass is 16.5. The zero-order valence-corrected chi connectivity index (χ0v) is 13.8. The first-order chi connectivity index (χ1) is 10.1. The summed E-state index contributed by atoms with van der Waals surface area (Å²) in [6.07, 6.45) is 8.62. The third-order valence-electron chi connectivity index (χ3n) is 4.31. The quantitative estimate of drug-likeness (QED) is 0.631. The second kappa shape index (κ2) is 7.61. The molecule has 1 heteroatoms. The molecule has 1 fully saturated rings. The van der Waals surface area contributed by atoms with Gasteiger partial charge in [-0.2, -0.15) is 0 Å². The summed E-state index contributed by atoms with van der Waals surface area (Å²) in [5, 5.41) is 0. The lowest BCUT2D eigenvalue weighted by atomic mass is 9.82. The van der Waals surface area contributed by atoms with Gasteiger partial charge >= 0.3 is 0 Å². The molecule has 1 aliphatic rings. The third kappa shape index (κ3) is 4.57. The lowest BCUT2D eigenvalue weighted by Gasteiger charge is -2.36. The predicted octanol–water partition coefficient (Wildman–Crippen LogP) is 5.85. The summed E-state index contributed by atoms with van der Waals surface area (Å²) >= 11 is 0. The summed E-state index contributed by atoms with van der Waals surface area (Å²) in [5.74, 6) is 0.508. The predicted molar refractivity (Wildman–Crippen MR) is 90.3 cm³/mol. The molecule has 1 aliphatic heterocycles. The molecule has 1 aromatic rings. The van der Waals surface area contributed by atoms with Crippen molar-refractivity contribution in [2.75, 3.05) is 0 Å². The van der Waals surface area contributed by atoms with Crippen LogP contribution in [0.5, 0.6) is 0 Å². The molecular weight excluding hydrogens is 256 g/mol. The fourth-order valence-corrected chi connectivity index (χ4v) is 3.03. The van der Waals surface area contributed by atoms with Crippen LogP contribution in [0.25, 0.3) is 0 Å². The standard InChI is InChI=1S/C20H28O/c1-15(2)9-8-10-16(3)19-14-13-17(4)21-20(19)18-11-6-5-7-12-18/h5-7,9-12,17,19-20H,8,13-14H2,1-4H3/b16-10-/t17-,19-,20+/m1/s1. The molecular formula is C20H28O. The van der Waals surface area contributed by atoms with Crippen molar-refractivity contribution in [3.05, 3.63) is 59.2 Å². The van der Waals surface area contributed by atoms with Crippen LogP contribution in [0.2, 0.25) is 0 Å². The first-order valence-electron chi connectivity index (χ1n) is 8.08. The SMILES string of the molecule is CC(C)=CC/C=C(/C)[C@H]1CC[C@@H](C)O[C@H]1c1ccccc1. The molecule has 0 N–H and O–H groups in total. The van der Waals surface area contributed by atoms with Crippen molar-refractivity contribution < 1.29 is 4.74 Å². The first-order valence-corrected chi connectivity index (χ1v) is 8.08. The van der Waals surface area contributed by atoms with E-state index in [1.54, 1.807) is 0 Å². The van der Waals surface area contributed by atoms with E-state index in [0.29, 0.717) is 12.0 Å². The molecule has 0 saturated carbocycles. The number of rotatable bonds is 4. The topological polar surface area (TPSA) is 9.23 Å².